The standard InChI is InChI=1S/C12H17Cl2NO/c1-3-5-16-12-9(8-15-4-2)6-10(13)7-11(12)14/h6-7,15H,3-5,8H2,1-2H3. The summed E-state index contributed by atoms with van der Waals surface area (Å²) in [7, 11) is 0. The maximum Gasteiger partial charge on any atom is 0.142 e. The number of ether oxygens (including phenoxy) is 1. The van der Waals surface area contributed by atoms with Gasteiger partial charge in [-0.2, -0.15) is 0 Å². The number of hydrogen-bond acceptors (Lipinski definition) is 2. The van der Waals surface area contributed by atoms with Crippen molar-refractivity contribution in [1.82, 2.24) is 5.32 Å². The van der Waals surface area contributed by atoms with Crippen LogP contribution in [0.3, 0.4) is 0 Å². The number of halogens is 2. The van der Waals surface area contributed by atoms with E-state index >= 15 is 0 Å². The van der Waals surface area contributed by atoms with Gasteiger partial charge in [-0.25, -0.2) is 0 Å². The summed E-state index contributed by atoms with van der Waals surface area (Å²) in [6, 6.07) is 3.60. The minimum atomic E-state index is 0.578. The van der Waals surface area contributed by atoms with Gasteiger partial charge in [0.1, 0.15) is 5.75 Å². The molecule has 0 aliphatic heterocycles. The maximum atomic E-state index is 6.11. The molecule has 0 heterocycles. The summed E-state index contributed by atoms with van der Waals surface area (Å²) in [6.07, 6.45) is 0.958. The first-order chi connectivity index (χ1) is 7.69. The van der Waals surface area contributed by atoms with E-state index in [1.807, 2.05) is 6.07 Å². The fraction of sp³-hybridized carbons (Fsp3) is 0.500. The first-order valence-corrected chi connectivity index (χ1v) is 6.26. The third kappa shape index (κ3) is 3.85. The lowest BCUT2D eigenvalue weighted by molar-refractivity contribution is 0.313. The van der Waals surface area contributed by atoms with E-state index in [0.717, 1.165) is 30.8 Å². The molecule has 0 bridgehead atoms. The number of nitrogens with one attached hydrogen (secondary N) is 1. The summed E-state index contributed by atoms with van der Waals surface area (Å²) in [4.78, 5) is 0. The van der Waals surface area contributed by atoms with E-state index in [1.165, 1.54) is 0 Å². The summed E-state index contributed by atoms with van der Waals surface area (Å²) in [5.41, 5.74) is 1.01. The Labute approximate surface area is 107 Å². The predicted octanol–water partition coefficient (Wildman–Crippen LogP) is 3.89. The first-order valence-electron chi connectivity index (χ1n) is 5.50. The van der Waals surface area contributed by atoms with Gasteiger partial charge in [0.15, 0.2) is 0 Å². The quantitative estimate of drug-likeness (QED) is 0.839. The van der Waals surface area contributed by atoms with Crippen molar-refractivity contribution in [3.8, 4) is 5.75 Å². The molecule has 0 amide bonds. The Balaban J connectivity index is 2.91. The Bertz CT molecular complexity index is 342. The van der Waals surface area contributed by atoms with Crippen molar-refractivity contribution >= 4 is 23.2 Å². The van der Waals surface area contributed by atoms with Gasteiger partial charge in [-0.3, -0.25) is 0 Å². The lowest BCUT2D eigenvalue weighted by atomic mass is 10.2. The molecular formula is C12H17Cl2NO. The Morgan fingerprint density at radius 3 is 2.62 bits per heavy atom. The molecule has 4 heteroatoms. The molecule has 1 aromatic rings. The SMILES string of the molecule is CCCOc1c(Cl)cc(Cl)cc1CNCC. The van der Waals surface area contributed by atoms with Crippen LogP contribution in [0.4, 0.5) is 0 Å². The Kier molecular flexibility index (Phi) is 5.96. The van der Waals surface area contributed by atoms with Gasteiger partial charge in [0.2, 0.25) is 0 Å². The summed E-state index contributed by atoms with van der Waals surface area (Å²) >= 11 is 12.1. The van der Waals surface area contributed by atoms with Gasteiger partial charge in [0.05, 0.1) is 11.6 Å². The molecule has 0 atom stereocenters. The van der Waals surface area contributed by atoms with Crippen molar-refractivity contribution in [1.29, 1.82) is 0 Å². The molecule has 0 aliphatic rings. The zero-order valence-electron chi connectivity index (χ0n) is 9.65. The number of benzene rings is 1. The van der Waals surface area contributed by atoms with E-state index in [-0.39, 0.29) is 0 Å². The van der Waals surface area contributed by atoms with Gasteiger partial charge < -0.3 is 10.1 Å². The van der Waals surface area contributed by atoms with Crippen molar-refractivity contribution in [3.63, 3.8) is 0 Å². The van der Waals surface area contributed by atoms with E-state index < -0.39 is 0 Å². The summed E-state index contributed by atoms with van der Waals surface area (Å²) in [5, 5.41) is 4.46. The fourth-order valence-corrected chi connectivity index (χ4v) is 1.96. The second-order valence-corrected chi connectivity index (χ2v) is 4.35. The summed E-state index contributed by atoms with van der Waals surface area (Å²) < 4.78 is 5.64. The normalized spacial score (nSPS) is 10.5. The molecule has 1 N–H and O–H groups in total. The van der Waals surface area contributed by atoms with Crippen LogP contribution in [0.5, 0.6) is 5.75 Å². The van der Waals surface area contributed by atoms with Gasteiger partial charge in [-0.05, 0) is 25.1 Å². The second-order valence-electron chi connectivity index (χ2n) is 3.50. The summed E-state index contributed by atoms with van der Waals surface area (Å²) in [5.74, 6) is 0.744. The van der Waals surface area contributed by atoms with Crippen LogP contribution in [0, 0.1) is 0 Å². The zero-order valence-corrected chi connectivity index (χ0v) is 11.2. The van der Waals surface area contributed by atoms with Crippen LogP contribution in [0.25, 0.3) is 0 Å². The van der Waals surface area contributed by atoms with Gasteiger partial charge >= 0.3 is 0 Å². The molecule has 0 aliphatic carbocycles. The molecule has 0 aromatic heterocycles. The molecular weight excluding hydrogens is 245 g/mol. The number of rotatable bonds is 6. The van der Waals surface area contributed by atoms with E-state index in [4.69, 9.17) is 27.9 Å². The second kappa shape index (κ2) is 7.00. The molecule has 0 spiro atoms. The Hall–Kier alpha value is -0.440. The average molecular weight is 262 g/mol. The van der Waals surface area contributed by atoms with Crippen LogP contribution < -0.4 is 10.1 Å². The van der Waals surface area contributed by atoms with Gasteiger partial charge in [0, 0.05) is 17.1 Å². The first kappa shape index (κ1) is 13.6. The van der Waals surface area contributed by atoms with Crippen molar-refractivity contribution in [2.75, 3.05) is 13.2 Å². The fourth-order valence-electron chi connectivity index (χ4n) is 1.37. The Morgan fingerprint density at radius 1 is 1.25 bits per heavy atom. The van der Waals surface area contributed by atoms with Gasteiger partial charge in [0.25, 0.3) is 0 Å². The van der Waals surface area contributed by atoms with Crippen molar-refractivity contribution < 1.29 is 4.74 Å². The zero-order chi connectivity index (χ0) is 12.0. The van der Waals surface area contributed by atoms with Crippen LogP contribution in [0.2, 0.25) is 10.0 Å². The topological polar surface area (TPSA) is 21.3 Å². The highest BCUT2D eigenvalue weighted by molar-refractivity contribution is 6.35. The van der Waals surface area contributed by atoms with Crippen LogP contribution in [0.1, 0.15) is 25.8 Å². The van der Waals surface area contributed by atoms with Crippen LogP contribution >= 0.6 is 23.2 Å². The van der Waals surface area contributed by atoms with Crippen LogP contribution in [-0.2, 0) is 6.54 Å². The molecule has 0 saturated heterocycles. The average Bonchev–Trinajstić information content (AvgIpc) is 2.24. The minimum absolute atomic E-state index is 0.578. The highest BCUT2D eigenvalue weighted by atomic mass is 35.5. The lowest BCUT2D eigenvalue weighted by Gasteiger charge is -2.13. The molecule has 16 heavy (non-hydrogen) atoms. The molecule has 0 fully saturated rings. The predicted molar refractivity (Wildman–Crippen MR) is 69.6 cm³/mol. The van der Waals surface area contributed by atoms with Gasteiger partial charge in [-0.1, -0.05) is 37.0 Å². The van der Waals surface area contributed by atoms with Crippen LogP contribution in [0.15, 0.2) is 12.1 Å². The smallest absolute Gasteiger partial charge is 0.142 e. The van der Waals surface area contributed by atoms with Crippen molar-refractivity contribution in [2.24, 2.45) is 0 Å². The largest absolute Gasteiger partial charge is 0.492 e. The molecule has 0 saturated carbocycles. The monoisotopic (exact) mass is 261 g/mol. The van der Waals surface area contributed by atoms with E-state index in [9.17, 15) is 0 Å². The highest BCUT2D eigenvalue weighted by Crippen LogP contribution is 2.32. The lowest BCUT2D eigenvalue weighted by Crippen LogP contribution is -2.13. The number of hydrogen-bond donors (Lipinski definition) is 1. The van der Waals surface area contributed by atoms with Crippen molar-refractivity contribution in [3.05, 3.63) is 27.7 Å². The molecule has 0 radical (unpaired) electrons. The third-order valence-corrected chi connectivity index (χ3v) is 2.60. The maximum absolute atomic E-state index is 6.11. The highest BCUT2D eigenvalue weighted by Gasteiger charge is 2.10. The molecule has 1 rings (SSSR count). The van der Waals surface area contributed by atoms with E-state index in [0.29, 0.717) is 16.7 Å². The van der Waals surface area contributed by atoms with Gasteiger partial charge in [-0.15, -0.1) is 0 Å². The minimum Gasteiger partial charge on any atom is -0.492 e. The molecule has 1 aromatic carbocycles. The van der Waals surface area contributed by atoms with Crippen molar-refractivity contribution in [2.45, 2.75) is 26.8 Å². The molecule has 2 nitrogen and oxygen atoms in total. The Morgan fingerprint density at radius 2 is 2.00 bits per heavy atom. The molecule has 90 valence electrons. The summed E-state index contributed by atoms with van der Waals surface area (Å²) in [6.45, 7) is 6.40. The van der Waals surface area contributed by atoms with E-state index in [1.54, 1.807) is 6.07 Å². The van der Waals surface area contributed by atoms with E-state index in [2.05, 4.69) is 19.2 Å². The van der Waals surface area contributed by atoms with Crippen LogP contribution in [-0.4, -0.2) is 13.2 Å². The third-order valence-electron chi connectivity index (χ3n) is 2.10. The molecule has 0 unspecified atom stereocenters.